The van der Waals surface area contributed by atoms with Crippen LogP contribution in [0.5, 0.6) is 0 Å². The van der Waals surface area contributed by atoms with E-state index in [9.17, 15) is 5.21 Å². The highest BCUT2D eigenvalue weighted by Crippen LogP contribution is 2.18. The summed E-state index contributed by atoms with van der Waals surface area (Å²) in [5.74, 6) is 0. The van der Waals surface area contributed by atoms with Crippen molar-refractivity contribution >= 4 is 23.8 Å². The maximum atomic E-state index is 12.2. The van der Waals surface area contributed by atoms with Crippen LogP contribution in [0.2, 0.25) is 0 Å². The van der Waals surface area contributed by atoms with Crippen LogP contribution in [0.1, 0.15) is 50.7 Å². The Balaban J connectivity index is 1.97. The average molecular weight is 364 g/mol. The van der Waals surface area contributed by atoms with E-state index in [0.717, 1.165) is 49.9 Å². The van der Waals surface area contributed by atoms with Gasteiger partial charge in [0.25, 0.3) is 0 Å². The number of hydrogen-bond donors (Lipinski definition) is 0. The van der Waals surface area contributed by atoms with Gasteiger partial charge < -0.3 is 5.21 Å². The maximum absolute atomic E-state index is 12.2. The summed E-state index contributed by atoms with van der Waals surface area (Å²) in [5, 5.41) is 16.3. The molecule has 0 atom stereocenters. The molecule has 0 radical (unpaired) electrons. The van der Waals surface area contributed by atoms with E-state index < -0.39 is 0 Å². The van der Waals surface area contributed by atoms with Crippen LogP contribution in [0.3, 0.4) is 0 Å². The van der Waals surface area contributed by atoms with Crippen molar-refractivity contribution in [1.29, 1.82) is 0 Å². The zero-order chi connectivity index (χ0) is 19.3. The fourth-order valence-corrected chi connectivity index (χ4v) is 2.32. The molecule has 0 aliphatic heterocycles. The Kier molecular flexibility index (Phi) is 8.90. The van der Waals surface area contributed by atoms with Crippen molar-refractivity contribution in [3.05, 3.63) is 64.9 Å². The summed E-state index contributed by atoms with van der Waals surface area (Å²) in [6.07, 6.45) is 8.15. The standard InChI is InChI=1S/C22H28N4O/c1-3-5-15-23-17-19-7-11-21(12-8-19)25-26(27)22-13-9-20(10-14-22)18-24-16-6-4-2/h7-14,17-18H,3-6,15-16H2,1-2H3. The molecule has 0 bridgehead atoms. The third kappa shape index (κ3) is 7.52. The lowest BCUT2D eigenvalue weighted by Gasteiger charge is -2.01. The zero-order valence-electron chi connectivity index (χ0n) is 16.2. The lowest BCUT2D eigenvalue weighted by atomic mass is 10.2. The maximum Gasteiger partial charge on any atom is 0.244 e. The first-order valence-corrected chi connectivity index (χ1v) is 9.61. The molecule has 0 fully saturated rings. The van der Waals surface area contributed by atoms with Gasteiger partial charge in [0, 0.05) is 42.8 Å². The van der Waals surface area contributed by atoms with Crippen LogP contribution in [-0.2, 0) is 0 Å². The van der Waals surface area contributed by atoms with Crippen molar-refractivity contribution in [1.82, 2.24) is 0 Å². The molecular weight excluding hydrogens is 336 g/mol. The monoisotopic (exact) mass is 364 g/mol. The van der Waals surface area contributed by atoms with Crippen LogP contribution in [0.4, 0.5) is 11.4 Å². The first-order valence-electron chi connectivity index (χ1n) is 9.61. The number of rotatable bonds is 10. The van der Waals surface area contributed by atoms with E-state index in [0.29, 0.717) is 16.2 Å². The van der Waals surface area contributed by atoms with Crippen LogP contribution in [-0.4, -0.2) is 30.4 Å². The molecule has 5 nitrogen and oxygen atoms in total. The Bertz CT molecular complexity index is 762. The first-order chi connectivity index (χ1) is 13.2. The first kappa shape index (κ1) is 20.5. The van der Waals surface area contributed by atoms with E-state index in [2.05, 4.69) is 28.9 Å². The van der Waals surface area contributed by atoms with Gasteiger partial charge in [0.15, 0.2) is 0 Å². The highest BCUT2D eigenvalue weighted by atomic mass is 16.5. The van der Waals surface area contributed by atoms with Crippen molar-refractivity contribution in [2.24, 2.45) is 15.1 Å². The smallest absolute Gasteiger partial charge is 0.244 e. The lowest BCUT2D eigenvalue weighted by molar-refractivity contribution is -0.435. The van der Waals surface area contributed by atoms with E-state index >= 15 is 0 Å². The Morgan fingerprint density at radius 3 is 1.74 bits per heavy atom. The van der Waals surface area contributed by atoms with E-state index in [1.54, 1.807) is 12.1 Å². The molecule has 0 saturated carbocycles. The molecule has 2 rings (SSSR count). The Morgan fingerprint density at radius 2 is 1.26 bits per heavy atom. The van der Waals surface area contributed by atoms with Gasteiger partial charge in [-0.15, -0.1) is 0 Å². The number of benzene rings is 2. The minimum Gasteiger partial charge on any atom is -0.594 e. The number of nitrogens with zero attached hydrogens (tertiary/aromatic N) is 4. The summed E-state index contributed by atoms with van der Waals surface area (Å²) in [4.78, 5) is 9.37. The summed E-state index contributed by atoms with van der Waals surface area (Å²) >= 11 is 0. The molecule has 0 N–H and O–H groups in total. The molecule has 5 heteroatoms. The van der Waals surface area contributed by atoms with Crippen LogP contribution < -0.4 is 0 Å². The van der Waals surface area contributed by atoms with Crippen molar-refractivity contribution < 1.29 is 4.86 Å². The van der Waals surface area contributed by atoms with Crippen LogP contribution in [0.25, 0.3) is 0 Å². The minimum absolute atomic E-state index is 0.492. The van der Waals surface area contributed by atoms with Crippen molar-refractivity contribution in [2.75, 3.05) is 13.1 Å². The molecule has 0 unspecified atom stereocenters. The molecule has 0 amide bonds. The van der Waals surface area contributed by atoms with Gasteiger partial charge >= 0.3 is 0 Å². The second kappa shape index (κ2) is 11.7. The Morgan fingerprint density at radius 1 is 0.778 bits per heavy atom. The van der Waals surface area contributed by atoms with E-state index in [-0.39, 0.29) is 0 Å². The Labute approximate surface area is 161 Å². The molecule has 0 aromatic heterocycles. The fraction of sp³-hybridized carbons (Fsp3) is 0.364. The van der Waals surface area contributed by atoms with Gasteiger partial charge in [-0.1, -0.05) is 43.7 Å². The summed E-state index contributed by atoms with van der Waals surface area (Å²) in [6, 6.07) is 14.7. The van der Waals surface area contributed by atoms with Crippen molar-refractivity contribution in [3.63, 3.8) is 0 Å². The minimum atomic E-state index is 0.492. The summed E-state index contributed by atoms with van der Waals surface area (Å²) < 4.78 is 0. The van der Waals surface area contributed by atoms with Gasteiger partial charge in [0.2, 0.25) is 5.69 Å². The van der Waals surface area contributed by atoms with E-state index in [1.807, 2.05) is 48.8 Å². The predicted octanol–water partition coefficient (Wildman–Crippen LogP) is 6.05. The topological polar surface area (TPSA) is 63.1 Å². The van der Waals surface area contributed by atoms with Gasteiger partial charge in [-0.2, -0.15) is 0 Å². The molecule has 0 saturated heterocycles. The number of aliphatic imine (C=N–C) groups is 2. The van der Waals surface area contributed by atoms with Crippen molar-refractivity contribution in [3.8, 4) is 0 Å². The second-order valence-electron chi connectivity index (χ2n) is 6.33. The molecule has 0 heterocycles. The molecule has 2 aromatic carbocycles. The molecule has 142 valence electrons. The van der Waals surface area contributed by atoms with E-state index in [1.165, 1.54) is 0 Å². The van der Waals surface area contributed by atoms with Crippen LogP contribution in [0, 0.1) is 5.21 Å². The van der Waals surface area contributed by atoms with Gasteiger partial charge in [0.05, 0.1) is 0 Å². The van der Waals surface area contributed by atoms with E-state index in [4.69, 9.17) is 0 Å². The SMILES string of the molecule is CCCCN=Cc1ccc(N=[N+]([O-])c2ccc(C=NCCCC)cc2)cc1. The molecule has 0 spiro atoms. The summed E-state index contributed by atoms with van der Waals surface area (Å²) in [5.41, 5.74) is 3.09. The van der Waals surface area contributed by atoms with Gasteiger partial charge in [-0.3, -0.25) is 9.98 Å². The molecule has 0 aliphatic rings. The average Bonchev–Trinajstić information content (AvgIpc) is 2.70. The third-order valence-corrected chi connectivity index (χ3v) is 3.98. The summed E-state index contributed by atoms with van der Waals surface area (Å²) in [7, 11) is 0. The number of unbranched alkanes of at least 4 members (excludes halogenated alkanes) is 2. The highest BCUT2D eigenvalue weighted by molar-refractivity contribution is 5.80. The molecule has 2 aromatic rings. The lowest BCUT2D eigenvalue weighted by Crippen LogP contribution is -1.91. The predicted molar refractivity (Wildman–Crippen MR) is 113 cm³/mol. The van der Waals surface area contributed by atoms with Crippen LogP contribution in [0.15, 0.2) is 63.6 Å². The largest absolute Gasteiger partial charge is 0.594 e. The van der Waals surface area contributed by atoms with Crippen molar-refractivity contribution in [2.45, 2.75) is 39.5 Å². The third-order valence-electron chi connectivity index (χ3n) is 3.98. The molecule has 27 heavy (non-hydrogen) atoms. The number of hydrogen-bond acceptors (Lipinski definition) is 4. The van der Waals surface area contributed by atoms with Crippen LogP contribution >= 0.6 is 0 Å². The summed E-state index contributed by atoms with van der Waals surface area (Å²) in [6.45, 7) is 5.97. The van der Waals surface area contributed by atoms with Gasteiger partial charge in [0.1, 0.15) is 5.69 Å². The fourth-order valence-electron chi connectivity index (χ4n) is 2.32. The zero-order valence-corrected chi connectivity index (χ0v) is 16.2. The second-order valence-corrected chi connectivity index (χ2v) is 6.33. The molecule has 0 aliphatic carbocycles. The van der Waals surface area contributed by atoms with Gasteiger partial charge in [-0.05, 0) is 48.2 Å². The molecular formula is C22H28N4O. The highest BCUT2D eigenvalue weighted by Gasteiger charge is 2.04. The number of azo groups is 1. The Hall–Kier alpha value is -2.82. The quantitative estimate of drug-likeness (QED) is 0.166. The van der Waals surface area contributed by atoms with Gasteiger partial charge in [-0.25, -0.2) is 0 Å². The normalized spacial score (nSPS) is 12.3.